The minimum atomic E-state index is -0.570. The van der Waals surface area contributed by atoms with Gasteiger partial charge in [0.1, 0.15) is 0 Å². The van der Waals surface area contributed by atoms with Crippen molar-refractivity contribution in [2.75, 3.05) is 7.11 Å². The number of nitro benzene ring substituents is 1. The molecule has 0 aromatic heterocycles. The third-order valence-corrected chi connectivity index (χ3v) is 5.13. The first kappa shape index (κ1) is 18.9. The molecule has 0 saturated carbocycles. The summed E-state index contributed by atoms with van der Waals surface area (Å²) in [6, 6.07) is 11.3. The number of halogens is 1. The number of carbonyl (C=O) groups excluding carboxylic acids is 2. The Morgan fingerprint density at radius 2 is 2.00 bits per heavy atom. The Labute approximate surface area is 163 Å². The van der Waals surface area contributed by atoms with Crippen LogP contribution in [-0.4, -0.2) is 28.1 Å². The SMILES string of the molecule is COc1ccc(/C=C2/SC(=O)N(Cc3ccccc3Cl)C2=O)cc1[N+](=O)[O-]. The Morgan fingerprint density at radius 3 is 2.67 bits per heavy atom. The van der Waals surface area contributed by atoms with Gasteiger partial charge in [-0.15, -0.1) is 0 Å². The van der Waals surface area contributed by atoms with Gasteiger partial charge in [0.05, 0.1) is 23.5 Å². The fourth-order valence-corrected chi connectivity index (χ4v) is 3.56. The molecule has 0 aliphatic carbocycles. The zero-order valence-corrected chi connectivity index (χ0v) is 15.6. The van der Waals surface area contributed by atoms with Crippen LogP contribution in [-0.2, 0) is 11.3 Å². The maximum Gasteiger partial charge on any atom is 0.311 e. The van der Waals surface area contributed by atoms with Gasteiger partial charge in [0.15, 0.2) is 5.75 Å². The quantitative estimate of drug-likeness (QED) is 0.414. The molecule has 2 aromatic carbocycles. The zero-order chi connectivity index (χ0) is 19.6. The van der Waals surface area contributed by atoms with Crippen molar-refractivity contribution in [1.29, 1.82) is 0 Å². The number of methoxy groups -OCH3 is 1. The molecule has 0 radical (unpaired) electrons. The van der Waals surface area contributed by atoms with E-state index in [1.165, 1.54) is 25.3 Å². The summed E-state index contributed by atoms with van der Waals surface area (Å²) in [4.78, 5) is 36.7. The molecule has 2 aromatic rings. The van der Waals surface area contributed by atoms with Gasteiger partial charge in [0, 0.05) is 11.1 Å². The van der Waals surface area contributed by atoms with Crippen molar-refractivity contribution in [3.8, 4) is 5.75 Å². The van der Waals surface area contributed by atoms with E-state index in [0.717, 1.165) is 16.7 Å². The number of ether oxygens (including phenoxy) is 1. The fraction of sp³-hybridized carbons (Fsp3) is 0.111. The van der Waals surface area contributed by atoms with E-state index in [2.05, 4.69) is 0 Å². The van der Waals surface area contributed by atoms with Gasteiger partial charge in [-0.05, 0) is 41.1 Å². The summed E-state index contributed by atoms with van der Waals surface area (Å²) in [5.74, 6) is -0.354. The first-order chi connectivity index (χ1) is 12.9. The summed E-state index contributed by atoms with van der Waals surface area (Å²) in [6.45, 7) is 0.0600. The molecular formula is C18H13ClN2O5S. The number of amides is 2. The number of hydrogen-bond acceptors (Lipinski definition) is 6. The minimum absolute atomic E-state index is 0.0600. The van der Waals surface area contributed by atoms with Gasteiger partial charge in [0.2, 0.25) is 0 Å². The number of thioether (sulfide) groups is 1. The molecule has 9 heteroatoms. The summed E-state index contributed by atoms with van der Waals surface area (Å²) in [7, 11) is 1.34. The maximum atomic E-state index is 12.6. The largest absolute Gasteiger partial charge is 0.490 e. The van der Waals surface area contributed by atoms with Crippen molar-refractivity contribution in [2.45, 2.75) is 6.54 Å². The molecule has 0 spiro atoms. The molecule has 138 valence electrons. The Morgan fingerprint density at radius 1 is 1.26 bits per heavy atom. The van der Waals surface area contributed by atoms with Crippen molar-refractivity contribution >= 4 is 46.3 Å². The number of nitrogens with zero attached hydrogens (tertiary/aromatic N) is 2. The van der Waals surface area contributed by atoms with Crippen molar-refractivity contribution in [2.24, 2.45) is 0 Å². The summed E-state index contributed by atoms with van der Waals surface area (Å²) in [5, 5.41) is 11.2. The van der Waals surface area contributed by atoms with Crippen LogP contribution in [0.25, 0.3) is 6.08 Å². The number of nitro groups is 1. The average molecular weight is 405 g/mol. The molecule has 0 bridgehead atoms. The van der Waals surface area contributed by atoms with Crippen LogP contribution in [0.2, 0.25) is 5.02 Å². The summed E-state index contributed by atoms with van der Waals surface area (Å²) >= 11 is 6.87. The molecule has 1 heterocycles. The number of benzene rings is 2. The third-order valence-electron chi connectivity index (χ3n) is 3.86. The topological polar surface area (TPSA) is 89.8 Å². The predicted molar refractivity (Wildman–Crippen MR) is 103 cm³/mol. The normalized spacial score (nSPS) is 15.5. The number of hydrogen-bond donors (Lipinski definition) is 0. The van der Waals surface area contributed by atoms with Crippen molar-refractivity contribution in [3.05, 3.63) is 73.6 Å². The first-order valence-corrected chi connectivity index (χ1v) is 8.91. The van der Waals surface area contributed by atoms with Crippen LogP contribution >= 0.6 is 23.4 Å². The van der Waals surface area contributed by atoms with Crippen LogP contribution in [0, 0.1) is 10.1 Å². The van der Waals surface area contributed by atoms with Gasteiger partial charge < -0.3 is 4.74 Å². The lowest BCUT2D eigenvalue weighted by Crippen LogP contribution is -2.27. The molecule has 2 amide bonds. The third kappa shape index (κ3) is 3.96. The highest BCUT2D eigenvalue weighted by molar-refractivity contribution is 8.18. The predicted octanol–water partition coefficient (Wildman–Crippen LogP) is 4.49. The summed E-state index contributed by atoms with van der Waals surface area (Å²) < 4.78 is 4.96. The van der Waals surface area contributed by atoms with E-state index in [4.69, 9.17) is 16.3 Å². The highest BCUT2D eigenvalue weighted by Crippen LogP contribution is 2.35. The van der Waals surface area contributed by atoms with E-state index in [1.807, 2.05) is 0 Å². The Bertz CT molecular complexity index is 976. The molecule has 1 aliphatic heterocycles. The monoisotopic (exact) mass is 404 g/mol. The number of carbonyl (C=O) groups is 2. The zero-order valence-electron chi connectivity index (χ0n) is 14.0. The molecule has 1 fully saturated rings. The van der Waals surface area contributed by atoms with Crippen LogP contribution in [0.15, 0.2) is 47.4 Å². The van der Waals surface area contributed by atoms with Gasteiger partial charge in [-0.3, -0.25) is 24.6 Å². The summed E-state index contributed by atoms with van der Waals surface area (Å²) in [5.41, 5.74) is 0.857. The highest BCUT2D eigenvalue weighted by Gasteiger charge is 2.35. The fourth-order valence-electron chi connectivity index (χ4n) is 2.52. The second kappa shape index (κ2) is 7.81. The summed E-state index contributed by atoms with van der Waals surface area (Å²) in [6.07, 6.45) is 1.45. The van der Waals surface area contributed by atoms with E-state index in [-0.39, 0.29) is 22.9 Å². The lowest BCUT2D eigenvalue weighted by Gasteiger charge is -2.13. The number of rotatable bonds is 5. The lowest BCUT2D eigenvalue weighted by atomic mass is 10.1. The first-order valence-electron chi connectivity index (χ1n) is 7.72. The molecule has 1 saturated heterocycles. The van der Waals surface area contributed by atoms with Gasteiger partial charge in [-0.25, -0.2) is 0 Å². The highest BCUT2D eigenvalue weighted by atomic mass is 35.5. The van der Waals surface area contributed by atoms with Crippen molar-refractivity contribution in [3.63, 3.8) is 0 Å². The molecule has 1 aliphatic rings. The molecule has 0 N–H and O–H groups in total. The minimum Gasteiger partial charge on any atom is -0.490 e. The molecular weight excluding hydrogens is 392 g/mol. The van der Waals surface area contributed by atoms with Crippen molar-refractivity contribution < 1.29 is 19.2 Å². The van der Waals surface area contributed by atoms with E-state index >= 15 is 0 Å². The van der Waals surface area contributed by atoms with E-state index in [1.54, 1.807) is 30.3 Å². The smallest absolute Gasteiger partial charge is 0.311 e. The molecule has 3 rings (SSSR count). The van der Waals surface area contributed by atoms with E-state index in [0.29, 0.717) is 16.1 Å². The van der Waals surface area contributed by atoms with Crippen LogP contribution < -0.4 is 4.74 Å². The Hall–Kier alpha value is -2.84. The second-order valence-electron chi connectivity index (χ2n) is 5.55. The van der Waals surface area contributed by atoms with Gasteiger partial charge in [0.25, 0.3) is 11.1 Å². The van der Waals surface area contributed by atoms with E-state index in [9.17, 15) is 19.7 Å². The van der Waals surface area contributed by atoms with Crippen LogP contribution in [0.3, 0.4) is 0 Å². The maximum absolute atomic E-state index is 12.6. The lowest BCUT2D eigenvalue weighted by molar-refractivity contribution is -0.385. The molecule has 7 nitrogen and oxygen atoms in total. The van der Waals surface area contributed by atoms with Crippen molar-refractivity contribution in [1.82, 2.24) is 4.90 Å². The Kier molecular flexibility index (Phi) is 5.48. The van der Waals surface area contributed by atoms with Crippen LogP contribution in [0.5, 0.6) is 5.75 Å². The van der Waals surface area contributed by atoms with E-state index < -0.39 is 16.1 Å². The molecule has 0 unspecified atom stereocenters. The standard InChI is InChI=1S/C18H13ClN2O5S/c1-26-15-7-6-11(8-14(15)21(24)25)9-16-17(22)20(18(23)27-16)10-12-4-2-3-5-13(12)19/h2-9H,10H2,1H3/b16-9+. The van der Waals surface area contributed by atoms with Crippen LogP contribution in [0.4, 0.5) is 10.5 Å². The van der Waals surface area contributed by atoms with Crippen LogP contribution in [0.1, 0.15) is 11.1 Å². The second-order valence-corrected chi connectivity index (χ2v) is 6.95. The molecule has 27 heavy (non-hydrogen) atoms. The van der Waals surface area contributed by atoms with Gasteiger partial charge >= 0.3 is 5.69 Å². The van der Waals surface area contributed by atoms with Gasteiger partial charge in [-0.1, -0.05) is 35.9 Å². The average Bonchev–Trinajstić information content (AvgIpc) is 2.90. The number of imide groups is 1. The molecule has 0 atom stereocenters. The Balaban J connectivity index is 1.87. The van der Waals surface area contributed by atoms with Gasteiger partial charge in [-0.2, -0.15) is 0 Å².